The van der Waals surface area contributed by atoms with E-state index in [1.165, 1.54) is 21.3 Å². The zero-order chi connectivity index (χ0) is 30.8. The number of ether oxygens (including phenoxy) is 4. The van der Waals surface area contributed by atoms with Gasteiger partial charge in [-0.3, -0.25) is 4.79 Å². The van der Waals surface area contributed by atoms with Crippen LogP contribution in [-0.2, 0) is 20.3 Å². The van der Waals surface area contributed by atoms with Gasteiger partial charge in [-0.25, -0.2) is 9.67 Å². The topological polar surface area (TPSA) is 116 Å². The van der Waals surface area contributed by atoms with Crippen LogP contribution >= 0.6 is 0 Å². The Kier molecular flexibility index (Phi) is 8.49. The van der Waals surface area contributed by atoms with Gasteiger partial charge in [-0.15, -0.1) is 5.92 Å². The van der Waals surface area contributed by atoms with Gasteiger partial charge in [0.15, 0.2) is 18.2 Å². The highest BCUT2D eigenvalue weighted by Crippen LogP contribution is 2.39. The molecule has 0 radical (unpaired) electrons. The first kappa shape index (κ1) is 30.0. The summed E-state index contributed by atoms with van der Waals surface area (Å²) in [6.45, 7) is 6.61. The first-order valence-corrected chi connectivity index (χ1v) is 13.1. The lowest BCUT2D eigenvalue weighted by atomic mass is 10.0. The average molecular weight is 574 g/mol. The van der Waals surface area contributed by atoms with Crippen molar-refractivity contribution in [3.8, 4) is 34.8 Å². The van der Waals surface area contributed by atoms with Crippen LogP contribution in [0.1, 0.15) is 39.9 Å². The van der Waals surface area contributed by atoms with E-state index in [1.54, 1.807) is 38.3 Å². The molecule has 2 aromatic carbocycles. The van der Waals surface area contributed by atoms with Crippen LogP contribution in [-0.4, -0.2) is 72.1 Å². The van der Waals surface area contributed by atoms with E-state index < -0.39 is 0 Å². The molecule has 2 heterocycles. The molecule has 11 heteroatoms. The van der Waals surface area contributed by atoms with E-state index in [0.717, 1.165) is 11.4 Å². The molecule has 0 aliphatic carbocycles. The summed E-state index contributed by atoms with van der Waals surface area (Å²) in [6.07, 6.45) is 1.70. The van der Waals surface area contributed by atoms with Gasteiger partial charge < -0.3 is 33.7 Å². The number of carbonyl (C=O) groups is 1. The van der Waals surface area contributed by atoms with Crippen molar-refractivity contribution in [2.45, 2.75) is 20.1 Å². The Hall–Kier alpha value is -4.95. The Labute approximate surface area is 245 Å². The Morgan fingerprint density at radius 1 is 1.07 bits per heavy atom. The molecule has 0 aliphatic rings. The van der Waals surface area contributed by atoms with E-state index in [-0.39, 0.29) is 11.5 Å². The predicted octanol–water partition coefficient (Wildman–Crippen LogP) is 3.87. The fourth-order valence-corrected chi connectivity index (χ4v) is 5.03. The maximum Gasteiger partial charge on any atom is 0.214 e. The molecular weight excluding hydrogens is 536 g/mol. The van der Waals surface area contributed by atoms with Crippen molar-refractivity contribution >= 4 is 28.7 Å². The van der Waals surface area contributed by atoms with Gasteiger partial charge in [0.2, 0.25) is 17.5 Å². The van der Waals surface area contributed by atoms with Crippen molar-refractivity contribution in [3.63, 3.8) is 0 Å². The van der Waals surface area contributed by atoms with E-state index in [4.69, 9.17) is 29.8 Å². The fourth-order valence-electron chi connectivity index (χ4n) is 5.03. The van der Waals surface area contributed by atoms with Crippen LogP contribution in [0.2, 0.25) is 0 Å². The molecule has 11 nitrogen and oxygen atoms in total. The lowest BCUT2D eigenvalue weighted by molar-refractivity contribution is -0.926. The minimum Gasteiger partial charge on any atom is -0.495 e. The molecule has 4 aromatic rings. The minimum atomic E-state index is -0.308. The molecule has 0 unspecified atom stereocenters. The van der Waals surface area contributed by atoms with Crippen molar-refractivity contribution in [1.29, 1.82) is 0 Å². The number of quaternary nitrogens is 1. The lowest BCUT2D eigenvalue weighted by Gasteiger charge is -2.30. The quantitative estimate of drug-likeness (QED) is 0.163. The van der Waals surface area contributed by atoms with Gasteiger partial charge in [0.1, 0.15) is 23.7 Å². The highest BCUT2D eigenvalue weighted by molar-refractivity contribution is 6.16. The number of imidazole rings is 1. The van der Waals surface area contributed by atoms with Crippen LogP contribution in [0, 0.1) is 11.8 Å². The standard InChI is InChI=1S/C31H37N6O5/c1-10-12-20-24(39-6)14-13-21-27(29(38)19-15-25(40-7)30(42-9)26(16-19)41-8)34-36(28(20)21)18-37(4,5)17-23-22(11-2)33-31(32)35(23)3/h11,13-16H,2,17-18H2,1,3-9H3,(H2,32,33)/q+1. The number of hydrogen-bond acceptors (Lipinski definition) is 8. The van der Waals surface area contributed by atoms with E-state index in [0.29, 0.717) is 68.7 Å². The molecule has 220 valence electrons. The summed E-state index contributed by atoms with van der Waals surface area (Å²) in [4.78, 5) is 18.5. The third-order valence-electron chi connectivity index (χ3n) is 7.05. The number of carbonyl (C=O) groups excluding carboxylic acids is 1. The summed E-state index contributed by atoms with van der Waals surface area (Å²) in [6, 6.07) is 6.87. The second-order valence-corrected chi connectivity index (χ2v) is 10.3. The number of fused-ring (bicyclic) bond motifs is 1. The zero-order valence-electron chi connectivity index (χ0n) is 25.4. The highest BCUT2D eigenvalue weighted by atomic mass is 16.5. The number of aromatic nitrogens is 4. The van der Waals surface area contributed by atoms with E-state index in [9.17, 15) is 4.79 Å². The smallest absolute Gasteiger partial charge is 0.214 e. The first-order valence-electron chi connectivity index (χ1n) is 13.1. The Morgan fingerprint density at radius 3 is 2.26 bits per heavy atom. The molecule has 0 atom stereocenters. The molecule has 2 N–H and O–H groups in total. The molecular formula is C31H37N6O5+. The van der Waals surface area contributed by atoms with Crippen molar-refractivity contribution < 1.29 is 28.2 Å². The van der Waals surface area contributed by atoms with Crippen LogP contribution in [0.15, 0.2) is 30.8 Å². The summed E-state index contributed by atoms with van der Waals surface area (Å²) in [7, 11) is 12.1. The maximum absolute atomic E-state index is 14.1. The van der Waals surface area contributed by atoms with Crippen molar-refractivity contribution in [2.75, 3.05) is 48.3 Å². The number of benzene rings is 2. The Bertz CT molecular complexity index is 1710. The normalized spacial score (nSPS) is 11.1. The largest absolute Gasteiger partial charge is 0.495 e. The number of nitrogens with zero attached hydrogens (tertiary/aromatic N) is 5. The van der Waals surface area contributed by atoms with Gasteiger partial charge >= 0.3 is 0 Å². The lowest BCUT2D eigenvalue weighted by Crippen LogP contribution is -2.41. The van der Waals surface area contributed by atoms with E-state index in [2.05, 4.69) is 37.5 Å². The SMILES string of the molecule is C=Cc1nc(N)n(C)c1C[N+](C)(C)Cn1nc(C(=O)c2cc(OC)c(OC)c(OC)c2)c2ccc(OC)c(C#CC)c21. The molecule has 4 rings (SSSR count). The number of methoxy groups -OCH3 is 4. The number of nitrogen functional groups attached to an aromatic ring is 1. The molecule has 0 aliphatic heterocycles. The van der Waals surface area contributed by atoms with Gasteiger partial charge in [-0.1, -0.05) is 12.5 Å². The third kappa shape index (κ3) is 5.36. The minimum absolute atomic E-state index is 0.262. The summed E-state index contributed by atoms with van der Waals surface area (Å²) < 4.78 is 26.2. The fraction of sp³-hybridized carbons (Fsp3) is 0.323. The number of nitrogens with two attached hydrogens (primary N) is 1. The van der Waals surface area contributed by atoms with Crippen molar-refractivity contribution in [2.24, 2.45) is 7.05 Å². The summed E-state index contributed by atoms with van der Waals surface area (Å²) >= 11 is 0. The van der Waals surface area contributed by atoms with Crippen LogP contribution < -0.4 is 24.7 Å². The number of hydrogen-bond donors (Lipinski definition) is 1. The maximum atomic E-state index is 14.1. The number of anilines is 1. The van der Waals surface area contributed by atoms with Crippen LogP contribution in [0.4, 0.5) is 5.95 Å². The second-order valence-electron chi connectivity index (χ2n) is 10.3. The number of rotatable bonds is 11. The second kappa shape index (κ2) is 11.9. The number of ketones is 1. The van der Waals surface area contributed by atoms with Crippen molar-refractivity contribution in [1.82, 2.24) is 19.3 Å². The molecule has 0 amide bonds. The molecule has 0 spiro atoms. The summed E-state index contributed by atoms with van der Waals surface area (Å²) in [5.74, 6) is 7.96. The molecule has 42 heavy (non-hydrogen) atoms. The summed E-state index contributed by atoms with van der Waals surface area (Å²) in [5.41, 5.74) is 9.68. The van der Waals surface area contributed by atoms with E-state index >= 15 is 0 Å². The summed E-state index contributed by atoms with van der Waals surface area (Å²) in [5, 5.41) is 5.53. The van der Waals surface area contributed by atoms with E-state index in [1.807, 2.05) is 22.4 Å². The first-order chi connectivity index (χ1) is 20.0. The van der Waals surface area contributed by atoms with Gasteiger partial charge in [-0.05, 0) is 37.3 Å². The van der Waals surface area contributed by atoms with Gasteiger partial charge in [0.05, 0.1) is 59.3 Å². The van der Waals surface area contributed by atoms with Gasteiger partial charge in [0.25, 0.3) is 0 Å². The highest BCUT2D eigenvalue weighted by Gasteiger charge is 2.29. The van der Waals surface area contributed by atoms with Gasteiger partial charge in [0, 0.05) is 18.0 Å². The molecule has 2 aromatic heterocycles. The monoisotopic (exact) mass is 573 g/mol. The third-order valence-corrected chi connectivity index (χ3v) is 7.05. The average Bonchev–Trinajstić information content (AvgIpc) is 3.47. The van der Waals surface area contributed by atoms with Crippen LogP contribution in [0.5, 0.6) is 23.0 Å². The molecule has 0 fully saturated rings. The Balaban J connectivity index is 1.90. The van der Waals surface area contributed by atoms with Crippen LogP contribution in [0.3, 0.4) is 0 Å². The van der Waals surface area contributed by atoms with Crippen LogP contribution in [0.25, 0.3) is 17.0 Å². The Morgan fingerprint density at radius 2 is 1.71 bits per heavy atom. The van der Waals surface area contributed by atoms with Crippen molar-refractivity contribution in [3.05, 3.63) is 59.1 Å². The molecule has 0 bridgehead atoms. The van der Waals surface area contributed by atoms with Gasteiger partial charge in [-0.2, -0.15) is 5.10 Å². The molecule has 0 saturated carbocycles. The zero-order valence-corrected chi connectivity index (χ0v) is 25.4. The molecule has 0 saturated heterocycles. The predicted molar refractivity (Wildman–Crippen MR) is 162 cm³/mol.